The summed E-state index contributed by atoms with van der Waals surface area (Å²) in [5, 5.41) is 2.81. The van der Waals surface area contributed by atoms with Crippen LogP contribution in [0.15, 0.2) is 12.2 Å². The number of ether oxygens (including phenoxy) is 1. The Hall–Kier alpha value is -1.36. The van der Waals surface area contributed by atoms with Gasteiger partial charge in [0.1, 0.15) is 6.10 Å². The molecule has 0 aromatic rings. The highest BCUT2D eigenvalue weighted by molar-refractivity contribution is 5.78. The molecule has 0 aromatic heterocycles. The molecule has 5 nitrogen and oxygen atoms in total. The van der Waals surface area contributed by atoms with E-state index in [9.17, 15) is 9.59 Å². The Bertz CT molecular complexity index is 347. The van der Waals surface area contributed by atoms with E-state index in [-0.39, 0.29) is 11.8 Å². The van der Waals surface area contributed by atoms with Crippen molar-refractivity contribution in [3.05, 3.63) is 12.2 Å². The van der Waals surface area contributed by atoms with Crippen molar-refractivity contribution in [3.8, 4) is 0 Å². The number of allylic oxidation sites excluding steroid dienone is 2. The van der Waals surface area contributed by atoms with E-state index in [2.05, 4.69) is 31.3 Å². The minimum absolute atomic E-state index is 0.225. The maximum Gasteiger partial charge on any atom is 0.246 e. The maximum atomic E-state index is 10.8. The molecule has 2 unspecified atom stereocenters. The van der Waals surface area contributed by atoms with Gasteiger partial charge >= 0.3 is 0 Å². The molecule has 1 rings (SSSR count). The van der Waals surface area contributed by atoms with Crippen molar-refractivity contribution in [1.82, 2.24) is 5.32 Å². The highest BCUT2D eigenvalue weighted by atomic mass is 16.5. The van der Waals surface area contributed by atoms with Crippen LogP contribution in [-0.2, 0) is 14.3 Å². The molecule has 0 saturated carbocycles. The van der Waals surface area contributed by atoms with Crippen LogP contribution in [0, 0.1) is 5.92 Å². The fraction of sp³-hybridized carbons (Fsp3) is 0.800. The highest BCUT2D eigenvalue weighted by Gasteiger charge is 2.12. The van der Waals surface area contributed by atoms with Gasteiger partial charge < -0.3 is 15.8 Å². The summed E-state index contributed by atoms with van der Waals surface area (Å²) in [7, 11) is 1.52. The lowest BCUT2D eigenvalue weighted by molar-refractivity contribution is -0.128. The summed E-state index contributed by atoms with van der Waals surface area (Å²) in [5.41, 5.74) is 5.15. The third kappa shape index (κ3) is 17.3. The zero-order valence-electron chi connectivity index (χ0n) is 17.0. The Morgan fingerprint density at radius 2 is 2.00 bits per heavy atom. The molecule has 0 spiro atoms. The molecule has 2 amide bonds. The zero-order chi connectivity index (χ0) is 19.5. The van der Waals surface area contributed by atoms with Crippen molar-refractivity contribution in [2.24, 2.45) is 11.7 Å². The summed E-state index contributed by atoms with van der Waals surface area (Å²) in [6, 6.07) is 0. The van der Waals surface area contributed by atoms with Gasteiger partial charge in [-0.2, -0.15) is 0 Å². The first-order valence-corrected chi connectivity index (χ1v) is 9.76. The molecule has 1 aliphatic rings. The maximum absolute atomic E-state index is 10.8. The second kappa shape index (κ2) is 19.0. The molecular weight excluding hydrogens is 316 g/mol. The fourth-order valence-corrected chi connectivity index (χ4v) is 2.17. The number of rotatable bonds is 8. The van der Waals surface area contributed by atoms with Crippen molar-refractivity contribution in [3.63, 3.8) is 0 Å². The minimum atomic E-state index is -0.429. The first kappa shape index (κ1) is 25.9. The van der Waals surface area contributed by atoms with E-state index in [0.29, 0.717) is 12.3 Å². The average Bonchev–Trinajstić information content (AvgIpc) is 2.87. The molecule has 2 atom stereocenters. The highest BCUT2D eigenvalue weighted by Crippen LogP contribution is 2.07. The first-order valence-electron chi connectivity index (χ1n) is 9.76. The fourth-order valence-electron chi connectivity index (χ4n) is 2.17. The number of methoxy groups -OCH3 is 1. The number of hydrogen-bond acceptors (Lipinski definition) is 3. The van der Waals surface area contributed by atoms with Crippen molar-refractivity contribution < 1.29 is 14.3 Å². The van der Waals surface area contributed by atoms with Gasteiger partial charge in [0.2, 0.25) is 11.8 Å². The number of carbonyl (C=O) groups excluding carboxylic acids is 2. The van der Waals surface area contributed by atoms with E-state index in [1.165, 1.54) is 20.0 Å². The number of primary amides is 1. The van der Waals surface area contributed by atoms with Crippen LogP contribution in [-0.4, -0.2) is 31.6 Å². The minimum Gasteiger partial charge on any atom is -0.372 e. The second-order valence-electron chi connectivity index (χ2n) is 6.03. The molecule has 25 heavy (non-hydrogen) atoms. The van der Waals surface area contributed by atoms with Gasteiger partial charge in [-0.15, -0.1) is 0 Å². The monoisotopic (exact) mass is 356 g/mol. The van der Waals surface area contributed by atoms with Gasteiger partial charge in [0, 0.05) is 20.1 Å². The van der Waals surface area contributed by atoms with Crippen LogP contribution in [0.2, 0.25) is 0 Å². The van der Waals surface area contributed by atoms with Gasteiger partial charge in [-0.25, -0.2) is 0 Å². The van der Waals surface area contributed by atoms with Crippen LogP contribution in [0.5, 0.6) is 0 Å². The molecule has 1 aliphatic heterocycles. The van der Waals surface area contributed by atoms with Crippen molar-refractivity contribution in [2.75, 3.05) is 13.7 Å². The van der Waals surface area contributed by atoms with Crippen molar-refractivity contribution in [1.29, 1.82) is 0 Å². The van der Waals surface area contributed by atoms with E-state index >= 15 is 0 Å². The number of nitrogens with one attached hydrogen (secondary N) is 1. The number of amides is 2. The predicted molar refractivity (Wildman–Crippen MR) is 105 cm³/mol. The first-order chi connectivity index (χ1) is 12.0. The van der Waals surface area contributed by atoms with E-state index < -0.39 is 6.10 Å². The predicted octanol–water partition coefficient (Wildman–Crippen LogP) is 3.96. The van der Waals surface area contributed by atoms with Crippen LogP contribution >= 0.6 is 0 Å². The summed E-state index contributed by atoms with van der Waals surface area (Å²) in [6.45, 7) is 9.25. The van der Waals surface area contributed by atoms with Crippen molar-refractivity contribution in [2.45, 2.75) is 85.2 Å². The lowest BCUT2D eigenvalue weighted by atomic mass is 10.1. The third-order valence-corrected chi connectivity index (χ3v) is 3.95. The number of carbonyl (C=O) groups is 2. The summed E-state index contributed by atoms with van der Waals surface area (Å²) in [4.78, 5) is 21.4. The number of nitrogens with two attached hydrogens (primary N) is 1. The summed E-state index contributed by atoms with van der Waals surface area (Å²) >= 11 is 0. The van der Waals surface area contributed by atoms with E-state index in [1.54, 1.807) is 0 Å². The Kier molecular flexibility index (Phi) is 19.6. The lowest BCUT2D eigenvalue weighted by Gasteiger charge is -2.09. The molecular formula is C20H40N2O3. The Labute approximate surface area is 154 Å². The van der Waals surface area contributed by atoms with Crippen LogP contribution in [0.4, 0.5) is 0 Å². The summed E-state index contributed by atoms with van der Waals surface area (Å²) in [6.07, 6.45) is 11.9. The topological polar surface area (TPSA) is 81.4 Å². The molecule has 0 bridgehead atoms. The van der Waals surface area contributed by atoms with Crippen LogP contribution < -0.4 is 11.1 Å². The molecule has 3 N–H and O–H groups in total. The van der Waals surface area contributed by atoms with E-state index in [1.807, 2.05) is 13.8 Å². The molecule has 0 radical (unpaired) electrons. The summed E-state index contributed by atoms with van der Waals surface area (Å²) < 4.78 is 4.96. The third-order valence-electron chi connectivity index (χ3n) is 3.95. The number of unbranched alkanes of at least 4 members (excludes halogenated alkanes) is 1. The molecule has 0 aliphatic carbocycles. The zero-order valence-corrected chi connectivity index (χ0v) is 17.0. The second-order valence-corrected chi connectivity index (χ2v) is 6.03. The van der Waals surface area contributed by atoms with Crippen molar-refractivity contribution >= 4 is 11.8 Å². The quantitative estimate of drug-likeness (QED) is 0.510. The van der Waals surface area contributed by atoms with E-state index in [4.69, 9.17) is 10.5 Å². The van der Waals surface area contributed by atoms with Gasteiger partial charge in [-0.05, 0) is 38.0 Å². The van der Waals surface area contributed by atoms with Crippen LogP contribution in [0.25, 0.3) is 0 Å². The van der Waals surface area contributed by atoms with Gasteiger partial charge in [0.05, 0.1) is 0 Å². The molecule has 1 fully saturated rings. The largest absolute Gasteiger partial charge is 0.372 e. The molecule has 1 heterocycles. The van der Waals surface area contributed by atoms with Gasteiger partial charge in [0.15, 0.2) is 0 Å². The molecule has 5 heteroatoms. The average molecular weight is 357 g/mol. The van der Waals surface area contributed by atoms with Crippen LogP contribution in [0.3, 0.4) is 0 Å². The number of hydrogen-bond donors (Lipinski definition) is 2. The molecule has 148 valence electrons. The smallest absolute Gasteiger partial charge is 0.246 e. The standard InChI is InChI=1S/C12H23NO2.C6H11NO.C2H6/c1-4-10(2)8-6-5-7-9-11(15-3)12(13)14;8-6-4-2-1-3-5-7-6;1-2/h6,8,10-11H,4-5,7,9H2,1-3H3,(H2,13,14);1-5H2,(H,7,8);1-2H3/b8-6+;;. The normalized spacial score (nSPS) is 16.4. The Morgan fingerprint density at radius 3 is 2.56 bits per heavy atom. The van der Waals surface area contributed by atoms with Gasteiger partial charge in [0.25, 0.3) is 0 Å². The molecule has 1 saturated heterocycles. The SMILES string of the molecule is CC.CCC(C)/C=C/CCCC(OC)C(N)=O.O=C1CCCCCN1. The lowest BCUT2D eigenvalue weighted by Crippen LogP contribution is -2.29. The van der Waals surface area contributed by atoms with Gasteiger partial charge in [-0.3, -0.25) is 9.59 Å². The van der Waals surface area contributed by atoms with Crippen LogP contribution in [0.1, 0.15) is 79.1 Å². The molecule has 0 aromatic carbocycles. The Balaban J connectivity index is 0. The van der Waals surface area contributed by atoms with Gasteiger partial charge in [-0.1, -0.05) is 52.7 Å². The summed E-state index contributed by atoms with van der Waals surface area (Å²) in [5.74, 6) is 0.491. The van der Waals surface area contributed by atoms with E-state index in [0.717, 1.165) is 38.6 Å². The Morgan fingerprint density at radius 1 is 1.32 bits per heavy atom.